The maximum atomic E-state index is 14.2. The number of ether oxygens (including phenoxy) is 1. The number of aliphatic carboxylic acids is 1. The number of fused-ring (bicyclic) bond motifs is 7. The Hall–Kier alpha value is -3.11. The van der Waals surface area contributed by atoms with Crippen molar-refractivity contribution >= 4 is 23.6 Å². The molecule has 5 aliphatic carbocycles. The molecule has 0 bridgehead atoms. The minimum atomic E-state index is -1.19. The van der Waals surface area contributed by atoms with Gasteiger partial charge in [0.2, 0.25) is 5.91 Å². The van der Waals surface area contributed by atoms with E-state index >= 15 is 0 Å². The number of allylic oxidation sites excluding steroid dienone is 1. The maximum absolute atomic E-state index is 14.2. The lowest BCUT2D eigenvalue weighted by Crippen LogP contribution is -2.66. The molecule has 1 heterocycles. The third-order valence-corrected chi connectivity index (χ3v) is 16.5. The van der Waals surface area contributed by atoms with Crippen LogP contribution in [0.15, 0.2) is 35.5 Å². The molecule has 1 aromatic heterocycles. The molecule has 2 unspecified atom stereocenters. The fourth-order valence-electron chi connectivity index (χ4n) is 13.4. The first kappa shape index (κ1) is 41.5. The van der Waals surface area contributed by atoms with Gasteiger partial charge in [-0.25, -0.2) is 0 Å². The molecule has 0 spiro atoms. The molecule has 55 heavy (non-hydrogen) atoms. The van der Waals surface area contributed by atoms with Gasteiger partial charge in [0.25, 0.3) is 0 Å². The lowest BCUT2D eigenvalue weighted by molar-refractivity contribution is -0.235. The second-order valence-corrected chi connectivity index (χ2v) is 20.4. The fourth-order valence-corrected chi connectivity index (χ4v) is 13.4. The van der Waals surface area contributed by atoms with Gasteiger partial charge < -0.3 is 25.6 Å². The van der Waals surface area contributed by atoms with Crippen LogP contribution in [0.1, 0.15) is 132 Å². The Morgan fingerprint density at radius 2 is 1.69 bits per heavy atom. The Bertz CT molecular complexity index is 1720. The van der Waals surface area contributed by atoms with E-state index in [1.165, 1.54) is 5.57 Å². The second kappa shape index (κ2) is 14.4. The van der Waals surface area contributed by atoms with Crippen LogP contribution in [0.25, 0.3) is 0 Å². The van der Waals surface area contributed by atoms with Crippen LogP contribution in [-0.4, -0.2) is 69.0 Å². The molecule has 10 nitrogen and oxygen atoms in total. The number of nitrogens with two attached hydrogens (primary N) is 1. The molecule has 6 rings (SSSR count). The van der Waals surface area contributed by atoms with E-state index in [4.69, 9.17) is 10.5 Å². The van der Waals surface area contributed by atoms with Crippen LogP contribution in [0.5, 0.6) is 0 Å². The van der Waals surface area contributed by atoms with Crippen molar-refractivity contribution in [1.29, 1.82) is 0 Å². The van der Waals surface area contributed by atoms with Gasteiger partial charge in [0, 0.05) is 30.0 Å². The highest BCUT2D eigenvalue weighted by Crippen LogP contribution is 2.77. The Morgan fingerprint density at radius 3 is 2.31 bits per heavy atom. The Labute approximate surface area is 328 Å². The van der Waals surface area contributed by atoms with Crippen LogP contribution < -0.4 is 5.73 Å². The summed E-state index contributed by atoms with van der Waals surface area (Å²) < 4.78 is 6.16. The fraction of sp³-hybridized carbons (Fsp3) is 0.756. The lowest BCUT2D eigenvalue weighted by Gasteiger charge is -2.72. The summed E-state index contributed by atoms with van der Waals surface area (Å²) in [6.07, 6.45) is 7.85. The van der Waals surface area contributed by atoms with Crippen LogP contribution in [-0.2, 0) is 30.5 Å². The molecular formula is C45H67N3O7. The summed E-state index contributed by atoms with van der Waals surface area (Å²) in [4.78, 5) is 58.3. The maximum Gasteiger partial charge on any atom is 0.309 e. The summed E-state index contributed by atoms with van der Waals surface area (Å²) in [6, 6.07) is 5.58. The smallest absolute Gasteiger partial charge is 0.309 e. The summed E-state index contributed by atoms with van der Waals surface area (Å²) in [6.45, 7) is 19.5. The van der Waals surface area contributed by atoms with E-state index in [1.54, 1.807) is 24.9 Å². The van der Waals surface area contributed by atoms with Gasteiger partial charge in [-0.15, -0.1) is 0 Å². The number of esters is 1. The van der Waals surface area contributed by atoms with Crippen molar-refractivity contribution in [2.24, 2.45) is 61.9 Å². The van der Waals surface area contributed by atoms with Crippen molar-refractivity contribution in [2.45, 2.75) is 145 Å². The number of ketones is 1. The number of hydrogen-bond acceptors (Lipinski definition) is 8. The number of carbonyl (C=O) groups excluding carboxylic acids is 3. The zero-order valence-electron chi connectivity index (χ0n) is 34.9. The van der Waals surface area contributed by atoms with E-state index in [9.17, 15) is 29.4 Å². The molecule has 10 heteroatoms. The Balaban J connectivity index is 1.30. The van der Waals surface area contributed by atoms with Crippen molar-refractivity contribution < 1.29 is 34.1 Å². The van der Waals surface area contributed by atoms with Gasteiger partial charge >= 0.3 is 11.9 Å². The summed E-state index contributed by atoms with van der Waals surface area (Å²) >= 11 is 0. The predicted molar refractivity (Wildman–Crippen MR) is 210 cm³/mol. The number of carboxylic acids is 1. The van der Waals surface area contributed by atoms with Crippen LogP contribution in [0.4, 0.5) is 0 Å². The first-order valence-corrected chi connectivity index (χ1v) is 20.9. The van der Waals surface area contributed by atoms with Gasteiger partial charge in [-0.2, -0.15) is 0 Å². The number of Topliss-reactive ketones (excluding diaryl/α,β-unsaturated/α-hetero) is 1. The molecule has 4 fully saturated rings. The molecular weight excluding hydrogens is 695 g/mol. The van der Waals surface area contributed by atoms with Crippen LogP contribution in [0.2, 0.25) is 0 Å². The Kier molecular flexibility index (Phi) is 10.8. The van der Waals surface area contributed by atoms with Crippen LogP contribution in [0, 0.1) is 56.2 Å². The number of pyridine rings is 1. The lowest BCUT2D eigenvalue weighted by atomic mass is 9.33. The molecule has 0 saturated heterocycles. The first-order chi connectivity index (χ1) is 25.6. The number of rotatable bonds is 11. The highest BCUT2D eigenvalue weighted by molar-refractivity contribution is 6.00. The van der Waals surface area contributed by atoms with Crippen molar-refractivity contribution in [3.8, 4) is 0 Å². The third kappa shape index (κ3) is 6.59. The van der Waals surface area contributed by atoms with Gasteiger partial charge in [0.1, 0.15) is 6.10 Å². The monoisotopic (exact) mass is 761 g/mol. The summed E-state index contributed by atoms with van der Waals surface area (Å²) in [5.74, 6) is -0.655. The summed E-state index contributed by atoms with van der Waals surface area (Å²) in [5.41, 5.74) is 6.35. The van der Waals surface area contributed by atoms with E-state index in [-0.39, 0.29) is 83.8 Å². The predicted octanol–water partition coefficient (Wildman–Crippen LogP) is 7.12. The summed E-state index contributed by atoms with van der Waals surface area (Å²) in [5, 5.41) is 22.1. The second-order valence-electron chi connectivity index (χ2n) is 20.4. The number of aromatic nitrogens is 1. The highest BCUT2D eigenvalue weighted by atomic mass is 16.5. The standard InChI is InChI=1S/C45H67N3O7/c1-27(2)37-30(49)22-45(33(50)26-48(35(51)24-46)25-28-12-10-11-21-47-28)20-19-43(8)29(38(37)45)13-14-32-42(7)17-16-34(55-36(52)23-40(3,4)39(53)54)41(5,6)31(42)15-18-44(32,43)9/h10-12,21,27,29,31-34,50H,13-20,22-26,46H2,1-9H3,(H,53,54)/t29-,31+,32-,33?,34+,42+,43-,44-,45?/m1/s1. The van der Waals surface area contributed by atoms with Gasteiger partial charge in [0.05, 0.1) is 36.7 Å². The van der Waals surface area contributed by atoms with E-state index in [1.807, 2.05) is 18.2 Å². The van der Waals surface area contributed by atoms with Crippen molar-refractivity contribution in [1.82, 2.24) is 9.88 Å². The average molecular weight is 762 g/mol. The number of nitrogens with zero attached hydrogens (tertiary/aromatic N) is 2. The average Bonchev–Trinajstić information content (AvgIpc) is 3.42. The van der Waals surface area contributed by atoms with Gasteiger partial charge in [-0.3, -0.25) is 24.2 Å². The summed E-state index contributed by atoms with van der Waals surface area (Å²) in [7, 11) is 0. The van der Waals surface area contributed by atoms with Gasteiger partial charge in [-0.1, -0.05) is 60.1 Å². The number of carbonyl (C=O) groups is 4. The van der Waals surface area contributed by atoms with E-state index in [0.29, 0.717) is 18.3 Å². The molecule has 1 aromatic rings. The number of carboxylic acid groups (broad SMARTS) is 1. The highest BCUT2D eigenvalue weighted by Gasteiger charge is 2.71. The third-order valence-electron chi connectivity index (χ3n) is 16.5. The van der Waals surface area contributed by atoms with Crippen molar-refractivity contribution in [3.05, 3.63) is 41.2 Å². The minimum Gasteiger partial charge on any atom is -0.481 e. The Morgan fingerprint density at radius 1 is 0.982 bits per heavy atom. The van der Waals surface area contributed by atoms with Gasteiger partial charge in [0.15, 0.2) is 5.78 Å². The quantitative estimate of drug-likeness (QED) is 0.200. The molecule has 5 aliphatic rings. The van der Waals surface area contributed by atoms with E-state index in [2.05, 4.69) is 53.5 Å². The molecule has 304 valence electrons. The SMILES string of the molecule is CC(C)C1=C2[C@H]3CC[C@@H]4[C@@]5(C)CC[C@H](OC(=O)CC(C)(C)C(=O)O)C(C)(C)[C@@H]5CC[C@@]4(C)[C@]3(C)CCC2(C(O)CN(Cc2ccccn2)C(=O)CN)CC1=O. The number of aliphatic hydroxyl groups excluding tert-OH is 1. The number of amides is 1. The molecule has 4 saturated carbocycles. The zero-order chi connectivity index (χ0) is 40.5. The largest absolute Gasteiger partial charge is 0.481 e. The van der Waals surface area contributed by atoms with Crippen LogP contribution in [0.3, 0.4) is 0 Å². The minimum absolute atomic E-state index is 0.0110. The van der Waals surface area contributed by atoms with Crippen molar-refractivity contribution in [2.75, 3.05) is 13.1 Å². The number of aliphatic hydroxyl groups is 1. The molecule has 0 radical (unpaired) electrons. The molecule has 4 N–H and O–H groups in total. The van der Waals surface area contributed by atoms with E-state index in [0.717, 1.165) is 56.2 Å². The molecule has 0 aliphatic heterocycles. The van der Waals surface area contributed by atoms with Gasteiger partial charge in [-0.05, 0) is 123 Å². The first-order valence-electron chi connectivity index (χ1n) is 20.9. The molecule has 1 amide bonds. The topological polar surface area (TPSA) is 160 Å². The van der Waals surface area contributed by atoms with Crippen molar-refractivity contribution in [3.63, 3.8) is 0 Å². The number of hydrogen-bond donors (Lipinski definition) is 3. The zero-order valence-corrected chi connectivity index (χ0v) is 34.9. The normalized spacial score (nSPS) is 36.0. The molecule has 9 atom stereocenters. The van der Waals surface area contributed by atoms with E-state index < -0.39 is 28.9 Å². The van der Waals surface area contributed by atoms with Crippen LogP contribution >= 0.6 is 0 Å². The molecule has 0 aromatic carbocycles.